The van der Waals surface area contributed by atoms with Crippen molar-refractivity contribution >= 4 is 12.0 Å². The Labute approximate surface area is 138 Å². The molecule has 0 spiro atoms. The van der Waals surface area contributed by atoms with Gasteiger partial charge in [-0.3, -0.25) is 9.69 Å². The van der Waals surface area contributed by atoms with E-state index in [9.17, 15) is 9.59 Å². The molecule has 132 valence electrons. The van der Waals surface area contributed by atoms with Crippen molar-refractivity contribution in [3.63, 3.8) is 0 Å². The Hall–Kier alpha value is -1.34. The molecule has 1 unspecified atom stereocenters. The Kier molecular flexibility index (Phi) is 7.11. The highest BCUT2D eigenvalue weighted by Crippen LogP contribution is 2.19. The van der Waals surface area contributed by atoms with Crippen LogP contribution in [0.5, 0.6) is 0 Å². The third kappa shape index (κ3) is 5.07. The average Bonchev–Trinajstić information content (AvgIpc) is 2.60. The summed E-state index contributed by atoms with van der Waals surface area (Å²) in [6, 6.07) is -0.398. The van der Waals surface area contributed by atoms with Gasteiger partial charge in [-0.15, -0.1) is 0 Å². The lowest BCUT2D eigenvalue weighted by molar-refractivity contribution is -0.127. The molecule has 2 amide bonds. The van der Waals surface area contributed by atoms with Crippen LogP contribution in [-0.4, -0.2) is 79.4 Å². The number of hydrogen-bond donors (Lipinski definition) is 2. The number of ether oxygens (including phenoxy) is 1. The molecule has 0 bridgehead atoms. The van der Waals surface area contributed by atoms with E-state index in [1.165, 1.54) is 7.11 Å². The van der Waals surface area contributed by atoms with Crippen molar-refractivity contribution in [2.75, 3.05) is 46.4 Å². The minimum Gasteiger partial charge on any atom is -0.453 e. The quantitative estimate of drug-likeness (QED) is 0.765. The van der Waals surface area contributed by atoms with Crippen molar-refractivity contribution in [2.45, 2.75) is 38.1 Å². The first-order valence-electron chi connectivity index (χ1n) is 8.61. The highest BCUT2D eigenvalue weighted by molar-refractivity contribution is 5.85. The van der Waals surface area contributed by atoms with Crippen LogP contribution in [0.15, 0.2) is 0 Å². The highest BCUT2D eigenvalue weighted by atomic mass is 16.5. The molecule has 2 saturated heterocycles. The Bertz CT molecular complexity index is 397. The number of methoxy groups -OCH3 is 1. The Morgan fingerprint density at radius 3 is 2.57 bits per heavy atom. The van der Waals surface area contributed by atoms with E-state index in [2.05, 4.69) is 10.2 Å². The van der Waals surface area contributed by atoms with Gasteiger partial charge in [0.2, 0.25) is 5.91 Å². The molecule has 0 aliphatic carbocycles. The van der Waals surface area contributed by atoms with Gasteiger partial charge in [-0.2, -0.15) is 0 Å². The predicted octanol–water partition coefficient (Wildman–Crippen LogP) is 0.428. The average molecular weight is 327 g/mol. The number of β-amino-alcohol motifs (C(OH)–C–C–N with tert-alkyl or cyclic N) is 1. The van der Waals surface area contributed by atoms with Crippen LogP contribution < -0.4 is 5.32 Å². The molecule has 0 aromatic heterocycles. The number of nitrogens with one attached hydrogen (secondary N) is 1. The lowest BCUT2D eigenvalue weighted by atomic mass is 9.96. The van der Waals surface area contributed by atoms with Crippen LogP contribution >= 0.6 is 0 Å². The van der Waals surface area contributed by atoms with Gasteiger partial charge in [0, 0.05) is 19.6 Å². The molecule has 0 aromatic rings. The normalized spacial score (nSPS) is 23.6. The Morgan fingerprint density at radius 1 is 1.17 bits per heavy atom. The van der Waals surface area contributed by atoms with Crippen molar-refractivity contribution < 1.29 is 19.4 Å². The molecular weight excluding hydrogens is 298 g/mol. The zero-order valence-electron chi connectivity index (χ0n) is 14.0. The van der Waals surface area contributed by atoms with Crippen LogP contribution in [0.1, 0.15) is 32.1 Å². The van der Waals surface area contributed by atoms with E-state index in [-0.39, 0.29) is 12.5 Å². The van der Waals surface area contributed by atoms with Gasteiger partial charge in [0.15, 0.2) is 0 Å². The fourth-order valence-electron chi connectivity index (χ4n) is 3.46. The molecule has 2 heterocycles. The fourth-order valence-corrected chi connectivity index (χ4v) is 3.46. The first-order chi connectivity index (χ1) is 11.2. The van der Waals surface area contributed by atoms with Gasteiger partial charge >= 0.3 is 6.09 Å². The first kappa shape index (κ1) is 18.0. The molecule has 2 rings (SSSR count). The second-order valence-electron chi connectivity index (χ2n) is 6.43. The summed E-state index contributed by atoms with van der Waals surface area (Å²) in [5, 5.41) is 12.0. The number of hydrogen-bond acceptors (Lipinski definition) is 5. The molecule has 0 radical (unpaired) electrons. The lowest BCUT2D eigenvalue weighted by Crippen LogP contribution is -2.52. The predicted molar refractivity (Wildman–Crippen MR) is 86.0 cm³/mol. The maximum Gasteiger partial charge on any atom is 0.410 e. The molecule has 2 aliphatic heterocycles. The Balaban J connectivity index is 1.76. The topological polar surface area (TPSA) is 82.1 Å². The van der Waals surface area contributed by atoms with Crippen LogP contribution in [0.2, 0.25) is 0 Å². The maximum absolute atomic E-state index is 12.4. The second kappa shape index (κ2) is 9.08. The standard InChI is InChI=1S/C16H29N3O4/c1-23-16(22)19-7-3-2-4-14(19)15(21)17-12-13-5-8-18(9-6-13)10-11-20/h13-14,20H,2-12H2,1H3,(H,17,21). The van der Waals surface area contributed by atoms with E-state index < -0.39 is 12.1 Å². The number of nitrogens with zero attached hydrogens (tertiary/aromatic N) is 2. The molecule has 2 aliphatic rings. The van der Waals surface area contributed by atoms with Crippen molar-refractivity contribution in [1.82, 2.24) is 15.1 Å². The molecular formula is C16H29N3O4. The SMILES string of the molecule is COC(=O)N1CCCCC1C(=O)NCC1CCN(CCO)CC1. The monoisotopic (exact) mass is 327 g/mol. The van der Waals surface area contributed by atoms with Gasteiger partial charge in [0.05, 0.1) is 13.7 Å². The molecule has 23 heavy (non-hydrogen) atoms. The van der Waals surface area contributed by atoms with Crippen LogP contribution in [0.4, 0.5) is 4.79 Å². The largest absolute Gasteiger partial charge is 0.453 e. The molecule has 0 aromatic carbocycles. The third-order valence-electron chi connectivity index (χ3n) is 4.90. The van der Waals surface area contributed by atoms with Crippen LogP contribution in [0.3, 0.4) is 0 Å². The summed E-state index contributed by atoms with van der Waals surface area (Å²) in [4.78, 5) is 28.0. The summed E-state index contributed by atoms with van der Waals surface area (Å²) >= 11 is 0. The molecule has 2 fully saturated rings. The van der Waals surface area contributed by atoms with Gasteiger partial charge in [-0.05, 0) is 51.1 Å². The first-order valence-corrected chi connectivity index (χ1v) is 8.61. The summed E-state index contributed by atoms with van der Waals surface area (Å²) in [6.45, 7) is 4.13. The van der Waals surface area contributed by atoms with E-state index in [1.807, 2.05) is 0 Å². The number of carbonyl (C=O) groups excluding carboxylic acids is 2. The van der Waals surface area contributed by atoms with Gasteiger partial charge in [0.1, 0.15) is 6.04 Å². The van der Waals surface area contributed by atoms with Crippen LogP contribution in [0, 0.1) is 5.92 Å². The van der Waals surface area contributed by atoms with Crippen molar-refractivity contribution in [3.8, 4) is 0 Å². The summed E-state index contributed by atoms with van der Waals surface area (Å²) in [5.74, 6) is 0.414. The highest BCUT2D eigenvalue weighted by Gasteiger charge is 2.33. The van der Waals surface area contributed by atoms with Gasteiger partial charge in [-0.25, -0.2) is 4.79 Å². The van der Waals surface area contributed by atoms with Crippen molar-refractivity contribution in [2.24, 2.45) is 5.92 Å². The molecule has 7 heteroatoms. The number of piperidine rings is 2. The maximum atomic E-state index is 12.4. The molecule has 7 nitrogen and oxygen atoms in total. The second-order valence-corrected chi connectivity index (χ2v) is 6.43. The number of carbonyl (C=O) groups is 2. The smallest absolute Gasteiger partial charge is 0.410 e. The number of likely N-dealkylation sites (tertiary alicyclic amines) is 2. The Morgan fingerprint density at radius 2 is 1.91 bits per heavy atom. The van der Waals surface area contributed by atoms with Crippen LogP contribution in [-0.2, 0) is 9.53 Å². The molecule has 1 atom stereocenters. The van der Waals surface area contributed by atoms with Gasteiger partial charge in [0.25, 0.3) is 0 Å². The summed E-state index contributed by atoms with van der Waals surface area (Å²) < 4.78 is 4.78. The minimum atomic E-state index is -0.415. The molecule has 2 N–H and O–H groups in total. The van der Waals surface area contributed by atoms with E-state index in [4.69, 9.17) is 9.84 Å². The van der Waals surface area contributed by atoms with Gasteiger partial charge < -0.3 is 20.1 Å². The lowest BCUT2D eigenvalue weighted by Gasteiger charge is -2.35. The minimum absolute atomic E-state index is 0.0621. The number of amides is 2. The summed E-state index contributed by atoms with van der Waals surface area (Å²) in [6.07, 6.45) is 4.24. The van der Waals surface area contributed by atoms with E-state index >= 15 is 0 Å². The summed E-state index contributed by atoms with van der Waals surface area (Å²) in [7, 11) is 1.35. The molecule has 0 saturated carbocycles. The van der Waals surface area contributed by atoms with Crippen molar-refractivity contribution in [1.29, 1.82) is 0 Å². The number of aliphatic hydroxyl groups is 1. The van der Waals surface area contributed by atoms with E-state index in [0.717, 1.165) is 45.3 Å². The van der Waals surface area contributed by atoms with E-state index in [0.29, 0.717) is 25.4 Å². The zero-order valence-corrected chi connectivity index (χ0v) is 14.0. The number of aliphatic hydroxyl groups excluding tert-OH is 1. The van der Waals surface area contributed by atoms with E-state index in [1.54, 1.807) is 4.90 Å². The van der Waals surface area contributed by atoms with Gasteiger partial charge in [-0.1, -0.05) is 0 Å². The fraction of sp³-hybridized carbons (Fsp3) is 0.875. The van der Waals surface area contributed by atoms with Crippen LogP contribution in [0.25, 0.3) is 0 Å². The van der Waals surface area contributed by atoms with Crippen molar-refractivity contribution in [3.05, 3.63) is 0 Å². The third-order valence-corrected chi connectivity index (χ3v) is 4.90. The summed E-state index contributed by atoms with van der Waals surface area (Å²) in [5.41, 5.74) is 0. The number of rotatable bonds is 5. The zero-order chi connectivity index (χ0) is 16.7.